The molecule has 0 aliphatic carbocycles. The molecule has 0 aliphatic rings. The van der Waals surface area contributed by atoms with E-state index in [9.17, 15) is 4.79 Å². The Hall–Kier alpha value is -0.650. The Labute approximate surface area is 130 Å². The lowest BCUT2D eigenvalue weighted by Gasteiger charge is -2.29. The number of carbonyl (C=O) groups excluding carboxylic acids is 1. The first-order valence-corrected chi connectivity index (χ1v) is 8.26. The minimum Gasteiger partial charge on any atom is -0.465 e. The van der Waals surface area contributed by atoms with Crippen molar-refractivity contribution >= 4 is 5.97 Å². The number of hydrogen-bond acceptors (Lipinski definition) is 5. The fraction of sp³-hybridized carbons (Fsp3) is 0.938. The Morgan fingerprint density at radius 1 is 1.14 bits per heavy atom. The summed E-state index contributed by atoms with van der Waals surface area (Å²) in [5.74, 6) is -0.149. The van der Waals surface area contributed by atoms with Crippen LogP contribution in [0.1, 0.15) is 47.5 Å². The van der Waals surface area contributed by atoms with Gasteiger partial charge in [0.2, 0.25) is 0 Å². The molecule has 0 aromatic carbocycles. The number of nitrogens with zero attached hydrogens (tertiary/aromatic N) is 1. The molecule has 1 N–H and O–H groups in total. The van der Waals surface area contributed by atoms with Crippen molar-refractivity contribution in [2.75, 3.05) is 46.0 Å². The van der Waals surface area contributed by atoms with Gasteiger partial charge in [-0.15, -0.1) is 0 Å². The summed E-state index contributed by atoms with van der Waals surface area (Å²) >= 11 is 0. The first-order chi connectivity index (χ1) is 10.0. The van der Waals surface area contributed by atoms with Crippen LogP contribution in [0.3, 0.4) is 0 Å². The maximum Gasteiger partial charge on any atom is 0.326 e. The first kappa shape index (κ1) is 20.3. The van der Waals surface area contributed by atoms with Gasteiger partial charge in [0.1, 0.15) is 5.54 Å². The Kier molecular flexibility index (Phi) is 11.6. The van der Waals surface area contributed by atoms with Gasteiger partial charge in [0, 0.05) is 13.2 Å². The molecular weight excluding hydrogens is 268 g/mol. The zero-order valence-corrected chi connectivity index (χ0v) is 14.5. The summed E-state index contributed by atoms with van der Waals surface area (Å²) in [4.78, 5) is 14.4. The molecule has 0 bridgehead atoms. The predicted octanol–water partition coefficient (Wildman–Crippen LogP) is 2.06. The number of nitrogens with one attached hydrogen (secondary N) is 1. The largest absolute Gasteiger partial charge is 0.465 e. The van der Waals surface area contributed by atoms with Crippen molar-refractivity contribution in [2.45, 2.75) is 53.0 Å². The molecule has 126 valence electrons. The molecule has 0 saturated carbocycles. The molecule has 0 aromatic rings. The molecule has 0 amide bonds. The number of rotatable bonds is 13. The van der Waals surface area contributed by atoms with Crippen molar-refractivity contribution in [3.8, 4) is 0 Å². The normalized spacial score (nSPS) is 14.2. The van der Waals surface area contributed by atoms with Crippen LogP contribution in [0.4, 0.5) is 0 Å². The molecule has 21 heavy (non-hydrogen) atoms. The van der Waals surface area contributed by atoms with Gasteiger partial charge in [-0.3, -0.25) is 4.79 Å². The van der Waals surface area contributed by atoms with Crippen molar-refractivity contribution in [2.24, 2.45) is 0 Å². The molecule has 0 rings (SSSR count). The third kappa shape index (κ3) is 8.39. The number of esters is 1. The molecule has 0 aliphatic heterocycles. The van der Waals surface area contributed by atoms with E-state index in [-0.39, 0.29) is 5.97 Å². The van der Waals surface area contributed by atoms with Crippen LogP contribution < -0.4 is 5.32 Å². The molecule has 0 fully saturated rings. The van der Waals surface area contributed by atoms with E-state index in [0.717, 1.165) is 52.2 Å². The lowest BCUT2D eigenvalue weighted by Crippen LogP contribution is -2.50. The van der Waals surface area contributed by atoms with Crippen LogP contribution in [0.25, 0.3) is 0 Å². The van der Waals surface area contributed by atoms with E-state index >= 15 is 0 Å². The highest BCUT2D eigenvalue weighted by atomic mass is 16.5. The van der Waals surface area contributed by atoms with Gasteiger partial charge in [0.05, 0.1) is 13.2 Å². The Morgan fingerprint density at radius 3 is 2.38 bits per heavy atom. The molecule has 1 atom stereocenters. The van der Waals surface area contributed by atoms with Crippen LogP contribution >= 0.6 is 0 Å². The van der Waals surface area contributed by atoms with Crippen LogP contribution in [0.2, 0.25) is 0 Å². The van der Waals surface area contributed by atoms with Gasteiger partial charge in [-0.25, -0.2) is 0 Å². The van der Waals surface area contributed by atoms with Crippen molar-refractivity contribution in [1.82, 2.24) is 10.2 Å². The molecule has 0 radical (unpaired) electrons. The Balaban J connectivity index is 4.25. The highest BCUT2D eigenvalue weighted by Crippen LogP contribution is 2.15. The SMILES string of the molecule is CCNC(C)(CCCN(CC)CCOCC)C(=O)OCC. The number of hydrogen-bond donors (Lipinski definition) is 1. The fourth-order valence-corrected chi connectivity index (χ4v) is 2.37. The molecule has 5 nitrogen and oxygen atoms in total. The highest BCUT2D eigenvalue weighted by molar-refractivity contribution is 5.80. The standard InChI is InChI=1S/C16H34N2O3/c1-6-17-16(5,15(19)21-9-4)11-10-12-18(7-2)13-14-20-8-3/h17H,6-14H2,1-5H3. The third-order valence-corrected chi connectivity index (χ3v) is 3.65. The summed E-state index contributed by atoms with van der Waals surface area (Å²) < 4.78 is 10.6. The van der Waals surface area contributed by atoms with E-state index in [2.05, 4.69) is 17.1 Å². The van der Waals surface area contributed by atoms with Gasteiger partial charge in [0.15, 0.2) is 0 Å². The molecule has 0 heterocycles. The molecule has 0 spiro atoms. The monoisotopic (exact) mass is 302 g/mol. The van der Waals surface area contributed by atoms with E-state index < -0.39 is 5.54 Å². The van der Waals surface area contributed by atoms with Gasteiger partial charge < -0.3 is 19.7 Å². The maximum atomic E-state index is 12.1. The minimum atomic E-state index is -0.579. The Bertz CT molecular complexity index is 274. The van der Waals surface area contributed by atoms with Crippen LogP contribution in [0.5, 0.6) is 0 Å². The van der Waals surface area contributed by atoms with E-state index in [1.54, 1.807) is 0 Å². The van der Waals surface area contributed by atoms with Gasteiger partial charge >= 0.3 is 5.97 Å². The molecular formula is C16H34N2O3. The average molecular weight is 302 g/mol. The zero-order valence-electron chi connectivity index (χ0n) is 14.5. The second kappa shape index (κ2) is 12.0. The Morgan fingerprint density at radius 2 is 1.86 bits per heavy atom. The second-order valence-electron chi connectivity index (χ2n) is 5.32. The van der Waals surface area contributed by atoms with Gasteiger partial charge in [-0.1, -0.05) is 13.8 Å². The summed E-state index contributed by atoms with van der Waals surface area (Å²) in [7, 11) is 0. The minimum absolute atomic E-state index is 0.149. The van der Waals surface area contributed by atoms with Crippen molar-refractivity contribution in [1.29, 1.82) is 0 Å². The average Bonchev–Trinajstić information content (AvgIpc) is 2.46. The third-order valence-electron chi connectivity index (χ3n) is 3.65. The molecule has 5 heteroatoms. The fourth-order valence-electron chi connectivity index (χ4n) is 2.37. The van der Waals surface area contributed by atoms with Crippen molar-refractivity contribution in [3.05, 3.63) is 0 Å². The van der Waals surface area contributed by atoms with Crippen molar-refractivity contribution < 1.29 is 14.3 Å². The topological polar surface area (TPSA) is 50.8 Å². The molecule has 0 saturated heterocycles. The van der Waals surface area contributed by atoms with Gasteiger partial charge in [-0.05, 0) is 53.2 Å². The summed E-state index contributed by atoms with van der Waals surface area (Å²) in [5, 5.41) is 3.27. The molecule has 1 unspecified atom stereocenters. The van der Waals surface area contributed by atoms with Gasteiger partial charge in [0.25, 0.3) is 0 Å². The summed E-state index contributed by atoms with van der Waals surface area (Å²) in [5.41, 5.74) is -0.579. The number of ether oxygens (including phenoxy) is 2. The smallest absolute Gasteiger partial charge is 0.326 e. The zero-order chi connectivity index (χ0) is 16.1. The first-order valence-electron chi connectivity index (χ1n) is 8.26. The highest BCUT2D eigenvalue weighted by Gasteiger charge is 2.33. The lowest BCUT2D eigenvalue weighted by molar-refractivity contribution is -0.150. The quantitative estimate of drug-likeness (QED) is 0.417. The van der Waals surface area contributed by atoms with Crippen LogP contribution in [0.15, 0.2) is 0 Å². The van der Waals surface area contributed by atoms with Crippen molar-refractivity contribution in [3.63, 3.8) is 0 Å². The lowest BCUT2D eigenvalue weighted by atomic mass is 9.95. The van der Waals surface area contributed by atoms with Crippen LogP contribution in [0, 0.1) is 0 Å². The predicted molar refractivity (Wildman–Crippen MR) is 86.6 cm³/mol. The van der Waals surface area contributed by atoms with E-state index in [1.807, 2.05) is 27.7 Å². The number of carbonyl (C=O) groups is 1. The number of likely N-dealkylation sites (N-methyl/N-ethyl adjacent to an activating group) is 2. The van der Waals surface area contributed by atoms with E-state index in [1.165, 1.54) is 0 Å². The summed E-state index contributed by atoms with van der Waals surface area (Å²) in [6.07, 6.45) is 1.74. The van der Waals surface area contributed by atoms with E-state index in [0.29, 0.717) is 6.61 Å². The van der Waals surface area contributed by atoms with Crippen LogP contribution in [-0.4, -0.2) is 62.4 Å². The maximum absolute atomic E-state index is 12.1. The van der Waals surface area contributed by atoms with E-state index in [4.69, 9.17) is 9.47 Å². The second-order valence-corrected chi connectivity index (χ2v) is 5.32. The molecule has 0 aromatic heterocycles. The van der Waals surface area contributed by atoms with Crippen LogP contribution in [-0.2, 0) is 14.3 Å². The summed E-state index contributed by atoms with van der Waals surface area (Å²) in [6.45, 7) is 15.6. The van der Waals surface area contributed by atoms with Gasteiger partial charge in [-0.2, -0.15) is 0 Å². The summed E-state index contributed by atoms with van der Waals surface area (Å²) in [6, 6.07) is 0.